The van der Waals surface area contributed by atoms with Gasteiger partial charge in [0.2, 0.25) is 0 Å². The van der Waals surface area contributed by atoms with Crippen LogP contribution in [-0.4, -0.2) is 23.8 Å². The van der Waals surface area contributed by atoms with E-state index in [2.05, 4.69) is 5.92 Å². The number of aliphatic carboxylic acids is 1. The zero-order valence-corrected chi connectivity index (χ0v) is 6.70. The summed E-state index contributed by atoms with van der Waals surface area (Å²) in [5.41, 5.74) is 0. The maximum atomic E-state index is 10.5. The fraction of sp³-hybridized carbons (Fsp3) is 0.625. The van der Waals surface area contributed by atoms with E-state index in [-0.39, 0.29) is 12.5 Å². The molecule has 0 unspecified atom stereocenters. The van der Waals surface area contributed by atoms with E-state index in [9.17, 15) is 4.79 Å². The summed E-state index contributed by atoms with van der Waals surface area (Å²) in [7, 11) is 0. The third-order valence-electron chi connectivity index (χ3n) is 1.20. The van der Waals surface area contributed by atoms with E-state index in [4.69, 9.17) is 16.3 Å². The number of rotatable bonds is 4. The van der Waals surface area contributed by atoms with Gasteiger partial charge < -0.3 is 9.84 Å². The minimum absolute atomic E-state index is 0.0507. The molecule has 0 rings (SSSR count). The fourth-order valence-electron chi connectivity index (χ4n) is 0.687. The lowest BCUT2D eigenvalue weighted by Crippen LogP contribution is -2.29. The minimum atomic E-state index is -0.963. The van der Waals surface area contributed by atoms with E-state index < -0.39 is 12.1 Å². The van der Waals surface area contributed by atoms with Crippen molar-refractivity contribution in [3.63, 3.8) is 0 Å². The van der Waals surface area contributed by atoms with E-state index >= 15 is 0 Å². The van der Waals surface area contributed by atoms with E-state index in [1.807, 2.05) is 0 Å². The summed E-state index contributed by atoms with van der Waals surface area (Å²) in [5, 5.41) is 8.58. The zero-order chi connectivity index (χ0) is 8.85. The second-order valence-corrected chi connectivity index (χ2v) is 2.52. The molecule has 0 amide bonds. The topological polar surface area (TPSA) is 46.5 Å². The van der Waals surface area contributed by atoms with Gasteiger partial charge in [-0.2, -0.15) is 0 Å². The van der Waals surface area contributed by atoms with Gasteiger partial charge >= 0.3 is 5.97 Å². The first-order valence-corrected chi connectivity index (χ1v) is 3.37. The Hall–Kier alpha value is -1.01. The lowest BCUT2D eigenvalue weighted by Gasteiger charge is -2.14. The van der Waals surface area contributed by atoms with Crippen LogP contribution in [0.2, 0.25) is 0 Å². The third kappa shape index (κ3) is 3.64. The van der Waals surface area contributed by atoms with Crippen molar-refractivity contribution in [3.05, 3.63) is 0 Å². The molecule has 11 heavy (non-hydrogen) atoms. The standard InChI is InChI=1S/C8H12O3/c1-4-5-11-7(6(2)3)8(9)10/h1,6-7H,5H2,2-3H3,(H,9,10)/t7-/m1/s1. The Morgan fingerprint density at radius 3 is 2.55 bits per heavy atom. The second-order valence-electron chi connectivity index (χ2n) is 2.52. The summed E-state index contributed by atoms with van der Waals surface area (Å²) in [6.07, 6.45) is 4.12. The van der Waals surface area contributed by atoms with Gasteiger partial charge in [-0.3, -0.25) is 0 Å². The Bertz CT molecular complexity index is 167. The zero-order valence-electron chi connectivity index (χ0n) is 6.70. The van der Waals surface area contributed by atoms with Crippen LogP contribution in [0.25, 0.3) is 0 Å². The van der Waals surface area contributed by atoms with Crippen LogP contribution in [0.5, 0.6) is 0 Å². The Labute approximate surface area is 66.4 Å². The highest BCUT2D eigenvalue weighted by atomic mass is 16.5. The van der Waals surface area contributed by atoms with E-state index in [0.717, 1.165) is 0 Å². The lowest BCUT2D eigenvalue weighted by atomic mass is 10.1. The molecule has 0 aromatic rings. The molecule has 1 atom stereocenters. The van der Waals surface area contributed by atoms with E-state index in [0.29, 0.717) is 0 Å². The largest absolute Gasteiger partial charge is 0.479 e. The van der Waals surface area contributed by atoms with Gasteiger partial charge in [0.25, 0.3) is 0 Å². The maximum Gasteiger partial charge on any atom is 0.333 e. The van der Waals surface area contributed by atoms with Gasteiger partial charge in [0.1, 0.15) is 6.61 Å². The van der Waals surface area contributed by atoms with Gasteiger partial charge in [0, 0.05) is 0 Å². The molecule has 1 N–H and O–H groups in total. The Morgan fingerprint density at radius 2 is 2.27 bits per heavy atom. The second kappa shape index (κ2) is 4.75. The highest BCUT2D eigenvalue weighted by molar-refractivity contribution is 5.72. The average molecular weight is 156 g/mol. The Kier molecular flexibility index (Phi) is 4.32. The van der Waals surface area contributed by atoms with Crippen LogP contribution in [-0.2, 0) is 9.53 Å². The molecule has 0 aliphatic carbocycles. The van der Waals surface area contributed by atoms with Crippen LogP contribution >= 0.6 is 0 Å². The molecule has 0 aliphatic heterocycles. The smallest absolute Gasteiger partial charge is 0.333 e. The first kappa shape index (κ1) is 9.99. The van der Waals surface area contributed by atoms with Gasteiger partial charge in [-0.05, 0) is 5.92 Å². The molecule has 0 heterocycles. The van der Waals surface area contributed by atoms with Crippen LogP contribution in [0, 0.1) is 18.3 Å². The lowest BCUT2D eigenvalue weighted by molar-refractivity contribution is -0.152. The maximum absolute atomic E-state index is 10.5. The molecule has 0 spiro atoms. The van der Waals surface area contributed by atoms with Crippen molar-refractivity contribution in [1.82, 2.24) is 0 Å². The SMILES string of the molecule is C#CCO[C@@H](C(=O)O)C(C)C. The number of hydrogen-bond donors (Lipinski definition) is 1. The van der Waals surface area contributed by atoms with Gasteiger partial charge in [-0.15, -0.1) is 6.42 Å². The summed E-state index contributed by atoms with van der Waals surface area (Å²) in [6, 6.07) is 0. The summed E-state index contributed by atoms with van der Waals surface area (Å²) < 4.78 is 4.88. The number of carboxylic acids is 1. The summed E-state index contributed by atoms with van der Waals surface area (Å²) in [6.45, 7) is 3.60. The number of terminal acetylenes is 1. The van der Waals surface area contributed by atoms with Gasteiger partial charge in [-0.25, -0.2) is 4.79 Å². The van der Waals surface area contributed by atoms with Crippen molar-refractivity contribution in [3.8, 4) is 12.3 Å². The molecule has 0 saturated heterocycles. The quantitative estimate of drug-likeness (QED) is 0.611. The fourth-order valence-corrected chi connectivity index (χ4v) is 0.687. The van der Waals surface area contributed by atoms with Gasteiger partial charge in [-0.1, -0.05) is 19.8 Å². The van der Waals surface area contributed by atoms with Crippen molar-refractivity contribution >= 4 is 5.97 Å². The number of carbonyl (C=O) groups is 1. The average Bonchev–Trinajstić information content (AvgIpc) is 1.87. The van der Waals surface area contributed by atoms with Crippen LogP contribution < -0.4 is 0 Å². The normalized spacial score (nSPS) is 12.5. The first-order valence-electron chi connectivity index (χ1n) is 3.37. The molecule has 62 valence electrons. The van der Waals surface area contributed by atoms with Crippen LogP contribution in [0.15, 0.2) is 0 Å². The van der Waals surface area contributed by atoms with Crippen molar-refractivity contribution in [2.24, 2.45) is 5.92 Å². The monoisotopic (exact) mass is 156 g/mol. The minimum Gasteiger partial charge on any atom is -0.479 e. The van der Waals surface area contributed by atoms with Crippen LogP contribution in [0.1, 0.15) is 13.8 Å². The van der Waals surface area contributed by atoms with Gasteiger partial charge in [0.15, 0.2) is 6.10 Å². The molecular weight excluding hydrogens is 144 g/mol. The highest BCUT2D eigenvalue weighted by Gasteiger charge is 2.21. The van der Waals surface area contributed by atoms with E-state index in [1.54, 1.807) is 13.8 Å². The molecule has 3 nitrogen and oxygen atoms in total. The Balaban J connectivity index is 3.92. The highest BCUT2D eigenvalue weighted by Crippen LogP contribution is 2.05. The van der Waals surface area contributed by atoms with Crippen molar-refractivity contribution in [2.75, 3.05) is 6.61 Å². The predicted molar refractivity (Wildman–Crippen MR) is 41.0 cm³/mol. The molecule has 0 bridgehead atoms. The third-order valence-corrected chi connectivity index (χ3v) is 1.20. The molecule has 3 heteroatoms. The van der Waals surface area contributed by atoms with E-state index in [1.165, 1.54) is 0 Å². The number of hydrogen-bond acceptors (Lipinski definition) is 2. The predicted octanol–water partition coefficient (Wildman–Crippen LogP) is 0.745. The van der Waals surface area contributed by atoms with Crippen molar-refractivity contribution < 1.29 is 14.6 Å². The Morgan fingerprint density at radius 1 is 1.73 bits per heavy atom. The molecule has 0 radical (unpaired) electrons. The number of carboxylic acid groups (broad SMARTS) is 1. The van der Waals surface area contributed by atoms with Crippen LogP contribution in [0.3, 0.4) is 0 Å². The summed E-state index contributed by atoms with van der Waals surface area (Å²) >= 11 is 0. The van der Waals surface area contributed by atoms with Crippen LogP contribution in [0.4, 0.5) is 0 Å². The summed E-state index contributed by atoms with van der Waals surface area (Å²) in [4.78, 5) is 10.5. The molecule has 0 aliphatic rings. The van der Waals surface area contributed by atoms with Gasteiger partial charge in [0.05, 0.1) is 0 Å². The summed E-state index contributed by atoms with van der Waals surface area (Å²) in [5.74, 6) is 1.20. The molecule has 0 saturated carbocycles. The number of ether oxygens (including phenoxy) is 1. The molecular formula is C8H12O3. The van der Waals surface area contributed by atoms with Crippen molar-refractivity contribution in [1.29, 1.82) is 0 Å². The van der Waals surface area contributed by atoms with Crippen molar-refractivity contribution in [2.45, 2.75) is 20.0 Å². The molecule has 0 aromatic heterocycles. The first-order chi connectivity index (χ1) is 5.09. The molecule has 0 fully saturated rings. The molecule has 0 aromatic carbocycles.